The van der Waals surface area contributed by atoms with E-state index in [-0.39, 0.29) is 12.1 Å². The van der Waals surface area contributed by atoms with E-state index in [1.165, 1.54) is 5.56 Å². The first-order valence-electron chi connectivity index (χ1n) is 8.74. The number of benzene rings is 1. The van der Waals surface area contributed by atoms with Crippen LogP contribution in [0.5, 0.6) is 0 Å². The van der Waals surface area contributed by atoms with Crippen LogP contribution in [0, 0.1) is 11.8 Å². The molecule has 1 aliphatic rings. The average Bonchev–Trinajstić information content (AvgIpc) is 2.55. The van der Waals surface area contributed by atoms with Crippen molar-refractivity contribution in [2.75, 3.05) is 13.1 Å². The summed E-state index contributed by atoms with van der Waals surface area (Å²) in [6.07, 6.45) is 2.43. The molecule has 24 heavy (non-hydrogen) atoms. The number of piperidine rings is 1. The Hall–Kier alpha value is -2.04. The highest BCUT2D eigenvalue weighted by atomic mass is 16.4. The smallest absolute Gasteiger partial charge is 0.317 e. The molecule has 5 nitrogen and oxygen atoms in total. The zero-order valence-corrected chi connectivity index (χ0v) is 14.8. The van der Waals surface area contributed by atoms with Gasteiger partial charge in [0.25, 0.3) is 0 Å². The van der Waals surface area contributed by atoms with E-state index in [0.717, 1.165) is 18.4 Å². The van der Waals surface area contributed by atoms with E-state index in [0.29, 0.717) is 25.4 Å². The summed E-state index contributed by atoms with van der Waals surface area (Å²) in [7, 11) is 0. The molecule has 1 aromatic carbocycles. The number of nitrogens with one attached hydrogen (secondary N) is 1. The maximum atomic E-state index is 12.4. The summed E-state index contributed by atoms with van der Waals surface area (Å²) < 4.78 is 0. The molecule has 2 N–H and O–H groups in total. The van der Waals surface area contributed by atoms with Gasteiger partial charge in [-0.3, -0.25) is 4.79 Å². The highest BCUT2D eigenvalue weighted by molar-refractivity contribution is 5.77. The second-order valence-electron chi connectivity index (χ2n) is 7.13. The molecule has 0 aromatic heterocycles. The Labute approximate surface area is 144 Å². The van der Waals surface area contributed by atoms with Crippen LogP contribution in [0.4, 0.5) is 4.79 Å². The first kappa shape index (κ1) is 18.3. The summed E-state index contributed by atoms with van der Waals surface area (Å²) in [4.78, 5) is 25.1. The Morgan fingerprint density at radius 1 is 1.25 bits per heavy atom. The van der Waals surface area contributed by atoms with Gasteiger partial charge in [0.1, 0.15) is 0 Å². The maximum Gasteiger partial charge on any atom is 0.317 e. The van der Waals surface area contributed by atoms with Gasteiger partial charge in [0.2, 0.25) is 0 Å². The summed E-state index contributed by atoms with van der Waals surface area (Å²) in [5.41, 5.74) is 2.36. The number of carbonyl (C=O) groups excluding carboxylic acids is 1. The second kappa shape index (κ2) is 8.18. The number of urea groups is 1. The Bertz CT molecular complexity index is 568. The molecule has 0 saturated carbocycles. The van der Waals surface area contributed by atoms with Crippen molar-refractivity contribution in [3.8, 4) is 0 Å². The molecule has 0 bridgehead atoms. The van der Waals surface area contributed by atoms with Crippen LogP contribution in [-0.4, -0.2) is 35.1 Å². The van der Waals surface area contributed by atoms with Gasteiger partial charge in [-0.15, -0.1) is 0 Å². The number of likely N-dealkylation sites (tertiary alicyclic amines) is 1. The van der Waals surface area contributed by atoms with Gasteiger partial charge in [-0.25, -0.2) is 4.79 Å². The van der Waals surface area contributed by atoms with Gasteiger partial charge in [0.15, 0.2) is 0 Å². The monoisotopic (exact) mass is 332 g/mol. The molecule has 1 saturated heterocycles. The lowest BCUT2D eigenvalue weighted by Gasteiger charge is -2.31. The van der Waals surface area contributed by atoms with Crippen LogP contribution in [-0.2, 0) is 11.2 Å². The topological polar surface area (TPSA) is 69.6 Å². The maximum absolute atomic E-state index is 12.4. The van der Waals surface area contributed by atoms with E-state index in [1.807, 2.05) is 6.92 Å². The summed E-state index contributed by atoms with van der Waals surface area (Å²) >= 11 is 0. The number of carboxylic acids is 1. The van der Waals surface area contributed by atoms with Crippen LogP contribution in [0.2, 0.25) is 0 Å². The number of hydrogen-bond donors (Lipinski definition) is 2. The van der Waals surface area contributed by atoms with E-state index in [1.54, 1.807) is 4.90 Å². The normalized spacial score (nSPS) is 19.2. The number of nitrogens with zero attached hydrogens (tertiary/aromatic N) is 1. The van der Waals surface area contributed by atoms with Crippen molar-refractivity contribution in [1.82, 2.24) is 10.2 Å². The molecule has 2 atom stereocenters. The first-order chi connectivity index (χ1) is 11.4. The predicted octanol–water partition coefficient (Wildman–Crippen LogP) is 3.45. The largest absolute Gasteiger partial charge is 0.481 e. The number of carboxylic acid groups (broad SMARTS) is 1. The third-order valence-corrected chi connectivity index (χ3v) is 4.52. The van der Waals surface area contributed by atoms with Crippen LogP contribution < -0.4 is 5.32 Å². The molecule has 0 spiro atoms. The van der Waals surface area contributed by atoms with Crippen molar-refractivity contribution in [2.24, 2.45) is 11.8 Å². The minimum absolute atomic E-state index is 0.101. The molecule has 1 heterocycles. The van der Waals surface area contributed by atoms with Gasteiger partial charge in [0.05, 0.1) is 12.0 Å². The van der Waals surface area contributed by atoms with E-state index >= 15 is 0 Å². The molecule has 2 unspecified atom stereocenters. The lowest BCUT2D eigenvalue weighted by Crippen LogP contribution is -2.47. The fraction of sp³-hybridized carbons (Fsp3) is 0.579. The highest BCUT2D eigenvalue weighted by Gasteiger charge is 2.28. The predicted molar refractivity (Wildman–Crippen MR) is 93.9 cm³/mol. The standard InChI is InChI=1S/C19H28N2O3/c1-13(2)11-15-6-8-16(9-7-15)14(3)20-19(24)21-10-4-5-17(12-21)18(22)23/h6-9,13-14,17H,4-5,10-12H2,1-3H3,(H,20,24)(H,22,23). The van der Waals surface area contributed by atoms with Crippen molar-refractivity contribution in [3.63, 3.8) is 0 Å². The molecule has 1 fully saturated rings. The fourth-order valence-electron chi connectivity index (χ4n) is 3.14. The zero-order valence-electron chi connectivity index (χ0n) is 14.8. The van der Waals surface area contributed by atoms with Crippen molar-refractivity contribution >= 4 is 12.0 Å². The SMILES string of the molecule is CC(C)Cc1ccc(C(C)NC(=O)N2CCCC(C(=O)O)C2)cc1. The van der Waals surface area contributed by atoms with Gasteiger partial charge in [0, 0.05) is 13.1 Å². The minimum Gasteiger partial charge on any atom is -0.481 e. The first-order valence-corrected chi connectivity index (χ1v) is 8.74. The van der Waals surface area contributed by atoms with Gasteiger partial charge >= 0.3 is 12.0 Å². The van der Waals surface area contributed by atoms with E-state index < -0.39 is 11.9 Å². The number of rotatable bonds is 5. The third kappa shape index (κ3) is 4.98. The van der Waals surface area contributed by atoms with Gasteiger partial charge in [-0.1, -0.05) is 38.1 Å². The van der Waals surface area contributed by atoms with Gasteiger partial charge < -0.3 is 15.3 Å². The van der Waals surface area contributed by atoms with E-state index in [2.05, 4.69) is 43.4 Å². The summed E-state index contributed by atoms with van der Waals surface area (Å²) in [6, 6.07) is 8.05. The molecule has 5 heteroatoms. The molecule has 2 amide bonds. The van der Waals surface area contributed by atoms with Crippen molar-refractivity contribution in [2.45, 2.75) is 46.1 Å². The molecule has 0 aliphatic carbocycles. The highest BCUT2D eigenvalue weighted by Crippen LogP contribution is 2.19. The van der Waals surface area contributed by atoms with Crippen LogP contribution in [0.1, 0.15) is 50.8 Å². The van der Waals surface area contributed by atoms with Gasteiger partial charge in [-0.05, 0) is 43.2 Å². The fourth-order valence-corrected chi connectivity index (χ4v) is 3.14. The molecule has 2 rings (SSSR count). The number of aliphatic carboxylic acids is 1. The number of amides is 2. The third-order valence-electron chi connectivity index (χ3n) is 4.52. The van der Waals surface area contributed by atoms with Crippen LogP contribution in [0.15, 0.2) is 24.3 Å². The van der Waals surface area contributed by atoms with Crippen molar-refractivity contribution in [1.29, 1.82) is 0 Å². The zero-order chi connectivity index (χ0) is 17.7. The molecule has 132 valence electrons. The van der Waals surface area contributed by atoms with Gasteiger partial charge in [-0.2, -0.15) is 0 Å². The minimum atomic E-state index is -0.818. The average molecular weight is 332 g/mol. The lowest BCUT2D eigenvalue weighted by molar-refractivity contribution is -0.143. The lowest BCUT2D eigenvalue weighted by atomic mass is 9.98. The molecular formula is C19H28N2O3. The van der Waals surface area contributed by atoms with Crippen LogP contribution >= 0.6 is 0 Å². The molecule has 0 radical (unpaired) electrons. The molecule has 1 aliphatic heterocycles. The summed E-state index contributed by atoms with van der Waals surface area (Å²) in [5.74, 6) is -0.648. The Balaban J connectivity index is 1.92. The Morgan fingerprint density at radius 2 is 1.92 bits per heavy atom. The van der Waals surface area contributed by atoms with E-state index in [9.17, 15) is 9.59 Å². The quantitative estimate of drug-likeness (QED) is 0.867. The number of carbonyl (C=O) groups is 2. The van der Waals surface area contributed by atoms with Crippen LogP contribution in [0.3, 0.4) is 0 Å². The Morgan fingerprint density at radius 3 is 2.50 bits per heavy atom. The Kier molecular flexibility index (Phi) is 6.23. The van der Waals surface area contributed by atoms with E-state index in [4.69, 9.17) is 5.11 Å². The molecule has 1 aromatic rings. The van der Waals surface area contributed by atoms with Crippen LogP contribution in [0.25, 0.3) is 0 Å². The van der Waals surface area contributed by atoms with Crippen molar-refractivity contribution in [3.05, 3.63) is 35.4 Å². The van der Waals surface area contributed by atoms with Crippen molar-refractivity contribution < 1.29 is 14.7 Å². The molecular weight excluding hydrogens is 304 g/mol. The summed E-state index contributed by atoms with van der Waals surface area (Å²) in [6.45, 7) is 7.25. The summed E-state index contributed by atoms with van der Waals surface area (Å²) in [5, 5.41) is 12.1. The number of hydrogen-bond acceptors (Lipinski definition) is 2. The second-order valence-corrected chi connectivity index (χ2v) is 7.13.